The molecule has 10 heteroatoms. The number of hydrogen-bond acceptors (Lipinski definition) is 7. The van der Waals surface area contributed by atoms with E-state index in [-0.39, 0.29) is 29.8 Å². The fourth-order valence-corrected chi connectivity index (χ4v) is 5.59. The van der Waals surface area contributed by atoms with Gasteiger partial charge in [-0.05, 0) is 48.2 Å². The summed E-state index contributed by atoms with van der Waals surface area (Å²) in [7, 11) is 0. The number of fused-ring (bicyclic) bond motifs is 3. The summed E-state index contributed by atoms with van der Waals surface area (Å²) in [6.07, 6.45) is 6.68. The fraction of sp³-hybridized carbons (Fsp3) is 0.321. The number of benzene rings is 2. The molecule has 0 bridgehead atoms. The zero-order chi connectivity index (χ0) is 26.2. The molecule has 3 aromatic heterocycles. The molecule has 1 aliphatic rings. The van der Waals surface area contributed by atoms with Crippen LogP contribution in [0.4, 0.5) is 14.6 Å². The molecule has 0 saturated carbocycles. The van der Waals surface area contributed by atoms with E-state index in [1.807, 2.05) is 24.3 Å². The summed E-state index contributed by atoms with van der Waals surface area (Å²) in [5, 5.41) is 8.21. The molecule has 6 rings (SSSR count). The third-order valence-electron chi connectivity index (χ3n) is 7.51. The molecule has 2 atom stereocenters. The van der Waals surface area contributed by atoms with Gasteiger partial charge in [0.15, 0.2) is 11.5 Å². The molecule has 0 spiro atoms. The van der Waals surface area contributed by atoms with Gasteiger partial charge in [0.25, 0.3) is 5.78 Å². The Morgan fingerprint density at radius 3 is 2.11 bits per heavy atom. The molecule has 4 heterocycles. The topological polar surface area (TPSA) is 75.3 Å². The first-order valence-corrected chi connectivity index (χ1v) is 12.9. The van der Waals surface area contributed by atoms with E-state index in [4.69, 9.17) is 4.98 Å². The highest BCUT2D eigenvalue weighted by atomic mass is 19.1. The van der Waals surface area contributed by atoms with E-state index >= 15 is 0 Å². The molecule has 0 amide bonds. The summed E-state index contributed by atoms with van der Waals surface area (Å²) in [6.45, 7) is 5.77. The quantitative estimate of drug-likeness (QED) is 0.322. The lowest BCUT2D eigenvalue weighted by Gasteiger charge is -2.49. The first-order chi connectivity index (χ1) is 18.6. The zero-order valence-corrected chi connectivity index (χ0v) is 21.2. The first-order valence-electron chi connectivity index (χ1n) is 12.9. The third kappa shape index (κ3) is 4.24. The van der Waals surface area contributed by atoms with Crippen LogP contribution in [0.2, 0.25) is 0 Å². The highest BCUT2D eigenvalue weighted by Gasteiger charge is 2.38. The van der Waals surface area contributed by atoms with E-state index in [9.17, 15) is 8.78 Å². The van der Waals surface area contributed by atoms with Crippen molar-refractivity contribution < 1.29 is 8.78 Å². The average Bonchev–Trinajstić information content (AvgIpc) is 3.43. The van der Waals surface area contributed by atoms with Crippen molar-refractivity contribution in [3.63, 3.8) is 0 Å². The highest BCUT2D eigenvalue weighted by Crippen LogP contribution is 2.37. The summed E-state index contributed by atoms with van der Waals surface area (Å²) < 4.78 is 29.5. The van der Waals surface area contributed by atoms with Gasteiger partial charge < -0.3 is 4.90 Å². The lowest BCUT2D eigenvalue weighted by Crippen LogP contribution is -2.59. The molecular formula is C28H28F2N8. The molecule has 1 fully saturated rings. The predicted octanol–water partition coefficient (Wildman–Crippen LogP) is 4.81. The van der Waals surface area contributed by atoms with Crippen molar-refractivity contribution in [2.24, 2.45) is 0 Å². The van der Waals surface area contributed by atoms with Gasteiger partial charge >= 0.3 is 0 Å². The Balaban J connectivity index is 1.43. The molecule has 194 valence electrons. The summed E-state index contributed by atoms with van der Waals surface area (Å²) in [5.74, 6) is 0.670. The summed E-state index contributed by atoms with van der Waals surface area (Å²) >= 11 is 0. The van der Waals surface area contributed by atoms with Gasteiger partial charge in [0.2, 0.25) is 0 Å². The molecule has 0 aliphatic carbocycles. The Bertz CT molecular complexity index is 1510. The van der Waals surface area contributed by atoms with Crippen molar-refractivity contribution in [2.75, 3.05) is 18.0 Å². The summed E-state index contributed by atoms with van der Waals surface area (Å²) in [5.41, 5.74) is 3.31. The molecule has 2 aromatic carbocycles. The van der Waals surface area contributed by atoms with Crippen molar-refractivity contribution >= 4 is 22.8 Å². The molecule has 0 unspecified atom stereocenters. The van der Waals surface area contributed by atoms with Gasteiger partial charge in [0.1, 0.15) is 23.5 Å². The molecular weight excluding hydrogens is 486 g/mol. The van der Waals surface area contributed by atoms with E-state index in [2.05, 4.69) is 43.8 Å². The highest BCUT2D eigenvalue weighted by molar-refractivity contribution is 5.85. The van der Waals surface area contributed by atoms with Crippen molar-refractivity contribution in [1.29, 1.82) is 0 Å². The number of halogens is 2. The monoisotopic (exact) mass is 514 g/mol. The van der Waals surface area contributed by atoms with E-state index < -0.39 is 0 Å². The largest absolute Gasteiger partial charge is 0.349 e. The van der Waals surface area contributed by atoms with Crippen LogP contribution in [0.15, 0.2) is 67.3 Å². The maximum absolute atomic E-state index is 13.9. The maximum atomic E-state index is 13.9. The van der Waals surface area contributed by atoms with Crippen LogP contribution >= 0.6 is 0 Å². The van der Waals surface area contributed by atoms with E-state index in [0.29, 0.717) is 23.5 Å². The minimum Gasteiger partial charge on any atom is -0.349 e. The van der Waals surface area contributed by atoms with Crippen LogP contribution in [0.5, 0.6) is 0 Å². The van der Waals surface area contributed by atoms with Crippen molar-refractivity contribution in [3.05, 3.63) is 90.0 Å². The molecule has 0 N–H and O–H groups in total. The number of hydrogen-bond donors (Lipinski definition) is 0. The smallest absolute Gasteiger partial charge is 0.258 e. The average molecular weight is 515 g/mol. The van der Waals surface area contributed by atoms with Crippen molar-refractivity contribution in [1.82, 2.24) is 34.4 Å². The molecule has 1 saturated heterocycles. The molecule has 1 aliphatic heterocycles. The van der Waals surface area contributed by atoms with Gasteiger partial charge in [-0.2, -0.15) is 4.98 Å². The van der Waals surface area contributed by atoms with Gasteiger partial charge in [0, 0.05) is 37.6 Å². The second-order valence-corrected chi connectivity index (χ2v) is 9.64. The number of aromatic nitrogens is 6. The molecule has 38 heavy (non-hydrogen) atoms. The predicted molar refractivity (Wildman–Crippen MR) is 141 cm³/mol. The second-order valence-electron chi connectivity index (χ2n) is 9.64. The lowest BCUT2D eigenvalue weighted by molar-refractivity contribution is 0.110. The van der Waals surface area contributed by atoms with Gasteiger partial charge in [-0.1, -0.05) is 38.1 Å². The number of rotatable bonds is 6. The number of anilines is 1. The van der Waals surface area contributed by atoms with Gasteiger partial charge in [-0.15, -0.1) is 10.2 Å². The second kappa shape index (κ2) is 10.0. The third-order valence-corrected chi connectivity index (χ3v) is 7.51. The van der Waals surface area contributed by atoms with Crippen molar-refractivity contribution in [3.8, 4) is 0 Å². The van der Waals surface area contributed by atoms with Crippen LogP contribution in [-0.4, -0.2) is 59.6 Å². The van der Waals surface area contributed by atoms with E-state index in [0.717, 1.165) is 36.3 Å². The summed E-state index contributed by atoms with van der Waals surface area (Å²) in [4.78, 5) is 18.8. The van der Waals surface area contributed by atoms with E-state index in [1.165, 1.54) is 24.3 Å². The Labute approximate surface area is 219 Å². The Hall–Kier alpha value is -4.05. The minimum atomic E-state index is -0.280. The fourth-order valence-electron chi connectivity index (χ4n) is 5.59. The van der Waals surface area contributed by atoms with Gasteiger partial charge in [0.05, 0.1) is 6.04 Å². The van der Waals surface area contributed by atoms with Crippen LogP contribution in [0, 0.1) is 11.6 Å². The van der Waals surface area contributed by atoms with Crippen molar-refractivity contribution in [2.45, 2.75) is 44.8 Å². The van der Waals surface area contributed by atoms with Crippen LogP contribution in [-0.2, 0) is 0 Å². The van der Waals surface area contributed by atoms with Crippen LogP contribution < -0.4 is 4.90 Å². The van der Waals surface area contributed by atoms with E-state index in [1.54, 1.807) is 23.1 Å². The van der Waals surface area contributed by atoms with Crippen LogP contribution in [0.3, 0.4) is 0 Å². The SMILES string of the molecule is CC[C@H]1CN(C(c2ccc(F)cc2)c2ccc(F)cc2)[C@H](CC)CN1c1nc2nncn2c2nccnc12. The van der Waals surface area contributed by atoms with Gasteiger partial charge in [-0.3, -0.25) is 4.90 Å². The zero-order valence-electron chi connectivity index (χ0n) is 21.2. The standard InChI is InChI=1S/C28H28F2N8/c1-3-22-16-37(27-24-26(32-14-13-31-24)38-17-33-35-28(38)34-27)23(4-2)15-36(22)25(18-5-9-20(29)10-6-18)19-7-11-21(30)12-8-19/h5-14,17,22-23,25H,3-4,15-16H2,1-2H3/t22-,23+/m1/s1. The minimum absolute atomic E-state index is 0.115. The number of piperazine rings is 1. The molecule has 5 aromatic rings. The Morgan fingerprint density at radius 1 is 0.842 bits per heavy atom. The Kier molecular flexibility index (Phi) is 6.40. The van der Waals surface area contributed by atoms with Crippen LogP contribution in [0.25, 0.3) is 16.9 Å². The van der Waals surface area contributed by atoms with Crippen LogP contribution in [0.1, 0.15) is 43.9 Å². The molecule has 8 nitrogen and oxygen atoms in total. The first kappa shape index (κ1) is 24.3. The summed E-state index contributed by atoms with van der Waals surface area (Å²) in [6, 6.07) is 13.4. The maximum Gasteiger partial charge on any atom is 0.258 e. The normalized spacial score (nSPS) is 18.6. The lowest BCUT2D eigenvalue weighted by atomic mass is 9.91. The number of nitrogens with zero attached hydrogens (tertiary/aromatic N) is 8. The molecule has 0 radical (unpaired) electrons. The Morgan fingerprint density at radius 2 is 1.47 bits per heavy atom. The van der Waals surface area contributed by atoms with Gasteiger partial charge in [-0.25, -0.2) is 23.1 Å².